The molecule has 0 amide bonds. The molecular weight excluding hydrogens is 182 g/mol. The Hall–Kier alpha value is -0.870. The van der Waals surface area contributed by atoms with E-state index < -0.39 is 5.97 Å². The number of piperidine rings is 1. The summed E-state index contributed by atoms with van der Waals surface area (Å²) in [6.45, 7) is 1.50. The summed E-state index contributed by atoms with van der Waals surface area (Å²) in [5.74, 6) is -0.752. The summed E-state index contributed by atoms with van der Waals surface area (Å²) < 4.78 is 5.40. The van der Waals surface area contributed by atoms with Crippen LogP contribution in [0.4, 0.5) is 0 Å². The third kappa shape index (κ3) is 2.33. The maximum absolute atomic E-state index is 10.4. The summed E-state index contributed by atoms with van der Waals surface area (Å²) in [7, 11) is 0. The molecule has 2 aliphatic rings. The molecule has 78 valence electrons. The van der Waals surface area contributed by atoms with Gasteiger partial charge >= 0.3 is 5.97 Å². The predicted molar refractivity (Wildman–Crippen MR) is 51.1 cm³/mol. The lowest BCUT2D eigenvalue weighted by molar-refractivity contribution is -0.136. The SMILES string of the molecule is O=C(O)CC=C1CC2COCC(C1)N2. The van der Waals surface area contributed by atoms with E-state index in [-0.39, 0.29) is 6.42 Å². The lowest BCUT2D eigenvalue weighted by Gasteiger charge is -2.37. The zero-order valence-electron chi connectivity index (χ0n) is 8.03. The van der Waals surface area contributed by atoms with Crippen LogP contribution in [0.25, 0.3) is 0 Å². The molecule has 2 aliphatic heterocycles. The Morgan fingerprint density at radius 3 is 2.71 bits per heavy atom. The first-order valence-electron chi connectivity index (χ1n) is 4.97. The first-order valence-corrected chi connectivity index (χ1v) is 4.97. The number of aliphatic carboxylic acids is 1. The summed E-state index contributed by atoms with van der Waals surface area (Å²) in [6, 6.07) is 0.782. The topological polar surface area (TPSA) is 58.6 Å². The minimum absolute atomic E-state index is 0.148. The molecule has 0 saturated carbocycles. The van der Waals surface area contributed by atoms with Gasteiger partial charge in [-0.05, 0) is 12.8 Å². The van der Waals surface area contributed by atoms with Crippen molar-refractivity contribution in [1.29, 1.82) is 0 Å². The quantitative estimate of drug-likeness (QED) is 0.634. The van der Waals surface area contributed by atoms with Crippen LogP contribution in [0.5, 0.6) is 0 Å². The van der Waals surface area contributed by atoms with E-state index in [1.54, 1.807) is 0 Å². The molecule has 0 radical (unpaired) electrons. The second kappa shape index (κ2) is 4.11. The van der Waals surface area contributed by atoms with Crippen LogP contribution < -0.4 is 5.32 Å². The van der Waals surface area contributed by atoms with Crippen molar-refractivity contribution >= 4 is 5.97 Å². The van der Waals surface area contributed by atoms with E-state index in [0.29, 0.717) is 12.1 Å². The molecule has 2 unspecified atom stereocenters. The minimum atomic E-state index is -0.752. The van der Waals surface area contributed by atoms with Gasteiger partial charge in [0, 0.05) is 12.1 Å². The van der Waals surface area contributed by atoms with Gasteiger partial charge in [-0.3, -0.25) is 4.79 Å². The number of carbonyl (C=O) groups is 1. The van der Waals surface area contributed by atoms with E-state index >= 15 is 0 Å². The van der Waals surface area contributed by atoms with E-state index in [1.807, 2.05) is 6.08 Å². The largest absolute Gasteiger partial charge is 0.481 e. The molecule has 2 rings (SSSR count). The second-order valence-electron chi connectivity index (χ2n) is 3.97. The summed E-state index contributed by atoms with van der Waals surface area (Å²) in [5.41, 5.74) is 1.27. The maximum atomic E-state index is 10.4. The molecule has 4 heteroatoms. The summed E-state index contributed by atoms with van der Waals surface area (Å²) in [4.78, 5) is 10.4. The van der Waals surface area contributed by atoms with Gasteiger partial charge in [0.1, 0.15) is 0 Å². The molecule has 2 heterocycles. The molecule has 2 saturated heterocycles. The molecule has 0 aromatic rings. The highest BCUT2D eigenvalue weighted by molar-refractivity contribution is 5.68. The highest BCUT2D eigenvalue weighted by Crippen LogP contribution is 2.23. The highest BCUT2D eigenvalue weighted by atomic mass is 16.5. The standard InChI is InChI=1S/C10H15NO3/c12-10(13)2-1-7-3-8-5-14-6-9(4-7)11-8/h1,8-9,11H,2-6H2,(H,12,13). The van der Waals surface area contributed by atoms with E-state index in [0.717, 1.165) is 26.1 Å². The molecule has 0 aliphatic carbocycles. The third-order valence-corrected chi connectivity index (χ3v) is 2.69. The number of morpholine rings is 1. The van der Waals surface area contributed by atoms with Crippen LogP contribution in [-0.2, 0) is 9.53 Å². The van der Waals surface area contributed by atoms with E-state index in [2.05, 4.69) is 5.32 Å². The van der Waals surface area contributed by atoms with Gasteiger partial charge in [0.2, 0.25) is 0 Å². The van der Waals surface area contributed by atoms with Gasteiger partial charge in [0.05, 0.1) is 19.6 Å². The molecule has 0 spiro atoms. The number of fused-ring (bicyclic) bond motifs is 2. The van der Waals surface area contributed by atoms with Crippen LogP contribution in [-0.4, -0.2) is 36.4 Å². The maximum Gasteiger partial charge on any atom is 0.307 e. The van der Waals surface area contributed by atoms with Gasteiger partial charge in [0.15, 0.2) is 0 Å². The van der Waals surface area contributed by atoms with Crippen LogP contribution in [0, 0.1) is 0 Å². The van der Waals surface area contributed by atoms with Crippen molar-refractivity contribution in [2.75, 3.05) is 13.2 Å². The zero-order valence-corrected chi connectivity index (χ0v) is 8.03. The number of carboxylic acid groups (broad SMARTS) is 1. The normalized spacial score (nSPS) is 31.3. The molecule has 2 bridgehead atoms. The van der Waals surface area contributed by atoms with Gasteiger partial charge in [-0.2, -0.15) is 0 Å². The zero-order chi connectivity index (χ0) is 9.97. The Bertz CT molecular complexity index is 248. The van der Waals surface area contributed by atoms with Crippen LogP contribution in [0.1, 0.15) is 19.3 Å². The first-order chi connectivity index (χ1) is 6.74. The average molecular weight is 197 g/mol. The molecule has 14 heavy (non-hydrogen) atoms. The van der Waals surface area contributed by atoms with Crippen LogP contribution in [0.15, 0.2) is 11.6 Å². The number of carboxylic acids is 1. The first kappa shape index (κ1) is 9.68. The number of rotatable bonds is 2. The van der Waals surface area contributed by atoms with E-state index in [4.69, 9.17) is 9.84 Å². The lowest BCUT2D eigenvalue weighted by Crippen LogP contribution is -2.52. The number of nitrogens with one attached hydrogen (secondary N) is 1. The Morgan fingerprint density at radius 2 is 2.14 bits per heavy atom. The van der Waals surface area contributed by atoms with E-state index in [9.17, 15) is 4.79 Å². The molecule has 0 aromatic carbocycles. The Kier molecular flexibility index (Phi) is 2.84. The fourth-order valence-electron chi connectivity index (χ4n) is 2.13. The molecule has 2 N–H and O–H groups in total. The Balaban J connectivity index is 1.94. The third-order valence-electron chi connectivity index (χ3n) is 2.69. The Morgan fingerprint density at radius 1 is 1.50 bits per heavy atom. The van der Waals surface area contributed by atoms with Crippen molar-refractivity contribution in [3.05, 3.63) is 11.6 Å². The summed E-state index contributed by atoms with van der Waals surface area (Å²) in [5, 5.41) is 12.0. The molecular formula is C10H15NO3. The van der Waals surface area contributed by atoms with Gasteiger partial charge < -0.3 is 15.2 Å². The molecule has 2 fully saturated rings. The van der Waals surface area contributed by atoms with Crippen molar-refractivity contribution in [3.63, 3.8) is 0 Å². The monoisotopic (exact) mass is 197 g/mol. The predicted octanol–water partition coefficient (Wildman–Crippen LogP) is 0.538. The van der Waals surface area contributed by atoms with Crippen molar-refractivity contribution in [1.82, 2.24) is 5.32 Å². The fraction of sp³-hybridized carbons (Fsp3) is 0.700. The van der Waals surface area contributed by atoms with Crippen LogP contribution in [0.2, 0.25) is 0 Å². The minimum Gasteiger partial charge on any atom is -0.481 e. The average Bonchev–Trinajstić information content (AvgIpc) is 2.14. The second-order valence-corrected chi connectivity index (χ2v) is 3.97. The number of hydrogen-bond donors (Lipinski definition) is 2. The fourth-order valence-corrected chi connectivity index (χ4v) is 2.13. The molecule has 4 nitrogen and oxygen atoms in total. The van der Waals surface area contributed by atoms with Gasteiger partial charge in [0.25, 0.3) is 0 Å². The highest BCUT2D eigenvalue weighted by Gasteiger charge is 2.28. The smallest absolute Gasteiger partial charge is 0.307 e. The summed E-state index contributed by atoms with van der Waals surface area (Å²) >= 11 is 0. The van der Waals surface area contributed by atoms with E-state index in [1.165, 1.54) is 5.57 Å². The van der Waals surface area contributed by atoms with Gasteiger partial charge in [-0.15, -0.1) is 0 Å². The number of ether oxygens (including phenoxy) is 1. The van der Waals surface area contributed by atoms with Gasteiger partial charge in [-0.1, -0.05) is 11.6 Å². The molecule has 0 aromatic heterocycles. The van der Waals surface area contributed by atoms with Crippen molar-refractivity contribution in [3.8, 4) is 0 Å². The Labute approximate surface area is 82.9 Å². The van der Waals surface area contributed by atoms with Crippen molar-refractivity contribution in [2.45, 2.75) is 31.3 Å². The summed E-state index contributed by atoms with van der Waals surface area (Å²) in [6.07, 6.45) is 3.87. The number of hydrogen-bond acceptors (Lipinski definition) is 3. The lowest BCUT2D eigenvalue weighted by atomic mass is 9.91. The van der Waals surface area contributed by atoms with Crippen molar-refractivity contribution in [2.24, 2.45) is 0 Å². The molecule has 2 atom stereocenters. The van der Waals surface area contributed by atoms with Crippen LogP contribution in [0.3, 0.4) is 0 Å². The van der Waals surface area contributed by atoms with Crippen LogP contribution >= 0.6 is 0 Å². The van der Waals surface area contributed by atoms with Gasteiger partial charge in [-0.25, -0.2) is 0 Å². The van der Waals surface area contributed by atoms with Crippen molar-refractivity contribution < 1.29 is 14.6 Å².